The minimum atomic E-state index is -0.737. The van der Waals surface area contributed by atoms with Crippen molar-refractivity contribution in [1.29, 1.82) is 0 Å². The topological polar surface area (TPSA) is 69.6 Å². The minimum Gasteiger partial charge on any atom is -0.481 e. The zero-order chi connectivity index (χ0) is 13.9. The maximum atomic E-state index is 12.0. The van der Waals surface area contributed by atoms with Crippen LogP contribution in [0.1, 0.15) is 45.4 Å². The number of amides is 2. The average Bonchev–Trinajstić information content (AvgIpc) is 2.83. The Morgan fingerprint density at radius 3 is 2.37 bits per heavy atom. The fourth-order valence-corrected chi connectivity index (χ4v) is 3.14. The largest absolute Gasteiger partial charge is 0.481 e. The summed E-state index contributed by atoms with van der Waals surface area (Å²) in [6.07, 6.45) is 6.04. The van der Waals surface area contributed by atoms with Crippen molar-refractivity contribution in [3.63, 3.8) is 0 Å². The van der Waals surface area contributed by atoms with E-state index in [1.807, 2.05) is 0 Å². The third-order valence-corrected chi connectivity index (χ3v) is 4.61. The van der Waals surface area contributed by atoms with Gasteiger partial charge in [0.15, 0.2) is 0 Å². The highest BCUT2D eigenvalue weighted by molar-refractivity contribution is 5.75. The summed E-state index contributed by atoms with van der Waals surface area (Å²) in [5.74, 6) is -1.02. The van der Waals surface area contributed by atoms with Gasteiger partial charge in [-0.3, -0.25) is 4.79 Å². The molecule has 0 radical (unpaired) electrons. The summed E-state index contributed by atoms with van der Waals surface area (Å²) in [4.78, 5) is 24.6. The molecule has 2 aliphatic rings. The molecule has 108 valence electrons. The van der Waals surface area contributed by atoms with Crippen molar-refractivity contribution < 1.29 is 14.7 Å². The molecule has 2 amide bonds. The van der Waals surface area contributed by atoms with Crippen LogP contribution in [0.2, 0.25) is 0 Å². The number of carbonyl (C=O) groups is 2. The average molecular weight is 268 g/mol. The quantitative estimate of drug-likeness (QED) is 0.823. The Morgan fingerprint density at radius 1 is 1.26 bits per heavy atom. The van der Waals surface area contributed by atoms with Gasteiger partial charge >= 0.3 is 12.0 Å². The number of nitrogens with zero attached hydrogens (tertiary/aromatic N) is 1. The highest BCUT2D eigenvalue weighted by Gasteiger charge is 2.31. The smallest absolute Gasteiger partial charge is 0.317 e. The molecule has 1 aliphatic carbocycles. The number of likely N-dealkylation sites (tertiary alicyclic amines) is 1. The number of hydrogen-bond acceptors (Lipinski definition) is 2. The minimum absolute atomic E-state index is 0.0306. The molecule has 0 bridgehead atoms. The van der Waals surface area contributed by atoms with E-state index in [0.717, 1.165) is 6.54 Å². The van der Waals surface area contributed by atoms with E-state index >= 15 is 0 Å². The van der Waals surface area contributed by atoms with Crippen molar-refractivity contribution in [3.8, 4) is 0 Å². The monoisotopic (exact) mass is 268 g/mol. The van der Waals surface area contributed by atoms with E-state index in [4.69, 9.17) is 5.11 Å². The molecule has 0 aromatic carbocycles. The second-order valence-electron chi connectivity index (χ2n) is 6.28. The Kier molecular flexibility index (Phi) is 4.32. The maximum absolute atomic E-state index is 12.0. The number of carboxylic acid groups (broad SMARTS) is 1. The second kappa shape index (κ2) is 5.80. The van der Waals surface area contributed by atoms with Crippen LogP contribution in [0.3, 0.4) is 0 Å². The molecule has 19 heavy (non-hydrogen) atoms. The summed E-state index contributed by atoms with van der Waals surface area (Å²) in [6.45, 7) is 4.08. The molecule has 0 atom stereocenters. The maximum Gasteiger partial charge on any atom is 0.317 e. The molecular formula is C14H24N2O3. The lowest BCUT2D eigenvalue weighted by Gasteiger charge is -2.32. The Hall–Kier alpha value is -1.26. The Balaban J connectivity index is 1.74. The standard InChI is InChI=1S/C14H24N2O3/c1-14(6-2-3-7-14)10-15-13(19)16-8-4-11(5-9-16)12(17)18/h11H,2-10H2,1H3,(H,15,19)(H,17,18). The van der Waals surface area contributed by atoms with E-state index in [1.165, 1.54) is 25.7 Å². The normalized spacial score (nSPS) is 23.3. The molecule has 1 saturated heterocycles. The summed E-state index contributed by atoms with van der Waals surface area (Å²) in [5.41, 5.74) is 0.259. The first kappa shape index (κ1) is 14.2. The van der Waals surface area contributed by atoms with E-state index in [1.54, 1.807) is 4.90 Å². The lowest BCUT2D eigenvalue weighted by atomic mass is 9.89. The molecular weight excluding hydrogens is 244 g/mol. The van der Waals surface area contributed by atoms with Gasteiger partial charge < -0.3 is 15.3 Å². The van der Waals surface area contributed by atoms with Crippen LogP contribution in [0, 0.1) is 11.3 Å². The van der Waals surface area contributed by atoms with Gasteiger partial charge in [-0.15, -0.1) is 0 Å². The number of carboxylic acids is 1. The SMILES string of the molecule is CC1(CNC(=O)N2CCC(C(=O)O)CC2)CCCC1. The number of nitrogens with one attached hydrogen (secondary N) is 1. The Bertz CT molecular complexity index is 343. The summed E-state index contributed by atoms with van der Waals surface area (Å²) < 4.78 is 0. The van der Waals surface area contributed by atoms with E-state index < -0.39 is 5.97 Å². The molecule has 0 unspecified atom stereocenters. The molecule has 0 aromatic heterocycles. The van der Waals surface area contributed by atoms with Gasteiger partial charge in [0.25, 0.3) is 0 Å². The van der Waals surface area contributed by atoms with Crippen LogP contribution in [0.4, 0.5) is 4.79 Å². The third kappa shape index (κ3) is 3.61. The van der Waals surface area contributed by atoms with Crippen LogP contribution in [0.25, 0.3) is 0 Å². The van der Waals surface area contributed by atoms with E-state index in [2.05, 4.69) is 12.2 Å². The third-order valence-electron chi connectivity index (χ3n) is 4.61. The molecule has 1 saturated carbocycles. The first-order chi connectivity index (χ1) is 9.00. The van der Waals surface area contributed by atoms with Crippen LogP contribution >= 0.6 is 0 Å². The predicted molar refractivity (Wildman–Crippen MR) is 71.9 cm³/mol. The summed E-state index contributed by atoms with van der Waals surface area (Å²) >= 11 is 0. The Morgan fingerprint density at radius 2 is 1.84 bits per heavy atom. The first-order valence-electron chi connectivity index (χ1n) is 7.26. The number of rotatable bonds is 3. The fourth-order valence-electron chi connectivity index (χ4n) is 3.14. The van der Waals surface area contributed by atoms with Crippen molar-refractivity contribution in [3.05, 3.63) is 0 Å². The molecule has 0 aromatic rings. The van der Waals surface area contributed by atoms with Crippen molar-refractivity contribution in [2.75, 3.05) is 19.6 Å². The number of urea groups is 1. The fraction of sp³-hybridized carbons (Fsp3) is 0.857. The molecule has 5 nitrogen and oxygen atoms in total. The number of carbonyl (C=O) groups excluding carboxylic acids is 1. The second-order valence-corrected chi connectivity index (χ2v) is 6.28. The number of aliphatic carboxylic acids is 1. The van der Waals surface area contributed by atoms with Crippen LogP contribution < -0.4 is 5.32 Å². The molecule has 2 rings (SSSR count). The number of hydrogen-bond donors (Lipinski definition) is 2. The van der Waals surface area contributed by atoms with Crippen molar-refractivity contribution in [1.82, 2.24) is 10.2 Å². The Labute approximate surface area is 114 Å². The van der Waals surface area contributed by atoms with Gasteiger partial charge in [-0.1, -0.05) is 19.8 Å². The van der Waals surface area contributed by atoms with Gasteiger partial charge in [0.1, 0.15) is 0 Å². The van der Waals surface area contributed by atoms with Gasteiger partial charge in [-0.2, -0.15) is 0 Å². The van der Waals surface area contributed by atoms with Crippen molar-refractivity contribution >= 4 is 12.0 Å². The van der Waals surface area contributed by atoms with Gasteiger partial charge in [0.05, 0.1) is 5.92 Å². The van der Waals surface area contributed by atoms with Gasteiger partial charge in [0.2, 0.25) is 0 Å². The summed E-state index contributed by atoms with van der Waals surface area (Å²) in [6, 6.07) is -0.0306. The molecule has 2 N–H and O–H groups in total. The van der Waals surface area contributed by atoms with E-state index in [0.29, 0.717) is 25.9 Å². The van der Waals surface area contributed by atoms with Gasteiger partial charge in [0, 0.05) is 19.6 Å². The molecule has 5 heteroatoms. The van der Waals surface area contributed by atoms with E-state index in [9.17, 15) is 9.59 Å². The van der Waals surface area contributed by atoms with Gasteiger partial charge in [-0.05, 0) is 31.1 Å². The number of piperidine rings is 1. The molecule has 0 spiro atoms. The highest BCUT2D eigenvalue weighted by atomic mass is 16.4. The van der Waals surface area contributed by atoms with Crippen LogP contribution in [0.15, 0.2) is 0 Å². The molecule has 1 aliphatic heterocycles. The van der Waals surface area contributed by atoms with Crippen LogP contribution in [-0.2, 0) is 4.79 Å². The molecule has 1 heterocycles. The predicted octanol–water partition coefficient (Wildman–Crippen LogP) is 2.07. The van der Waals surface area contributed by atoms with Crippen LogP contribution in [-0.4, -0.2) is 41.6 Å². The lowest BCUT2D eigenvalue weighted by Crippen LogP contribution is -2.47. The van der Waals surface area contributed by atoms with Gasteiger partial charge in [-0.25, -0.2) is 4.79 Å². The zero-order valence-electron chi connectivity index (χ0n) is 11.7. The molecule has 2 fully saturated rings. The summed E-state index contributed by atoms with van der Waals surface area (Å²) in [5, 5.41) is 11.9. The van der Waals surface area contributed by atoms with Crippen LogP contribution in [0.5, 0.6) is 0 Å². The first-order valence-corrected chi connectivity index (χ1v) is 7.26. The van der Waals surface area contributed by atoms with E-state index in [-0.39, 0.29) is 17.4 Å². The van der Waals surface area contributed by atoms with Crippen molar-refractivity contribution in [2.24, 2.45) is 11.3 Å². The highest BCUT2D eigenvalue weighted by Crippen LogP contribution is 2.36. The zero-order valence-corrected chi connectivity index (χ0v) is 11.7. The van der Waals surface area contributed by atoms with Crippen molar-refractivity contribution in [2.45, 2.75) is 45.4 Å². The summed E-state index contributed by atoms with van der Waals surface area (Å²) in [7, 11) is 0. The lowest BCUT2D eigenvalue weighted by molar-refractivity contribution is -0.143.